The number of allylic oxidation sites excluding steroid dienone is 2. The highest BCUT2D eigenvalue weighted by molar-refractivity contribution is 9.10. The molecule has 1 aliphatic carbocycles. The van der Waals surface area contributed by atoms with Gasteiger partial charge < -0.3 is 14.8 Å². The number of ether oxygens (including phenoxy) is 2. The first kappa shape index (κ1) is 22.8. The van der Waals surface area contributed by atoms with Crippen LogP contribution in [-0.4, -0.2) is 22.6 Å². The van der Waals surface area contributed by atoms with Crippen molar-refractivity contribution in [2.24, 2.45) is 5.92 Å². The lowest BCUT2D eigenvalue weighted by Crippen LogP contribution is -2.29. The Morgan fingerprint density at radius 1 is 1.00 bits per heavy atom. The third-order valence-corrected chi connectivity index (χ3v) is 8.36. The molecular formula is C26H25BrN2O4S. The summed E-state index contributed by atoms with van der Waals surface area (Å²) in [4.78, 5) is 0.240. The van der Waals surface area contributed by atoms with Gasteiger partial charge in [-0.05, 0) is 60.4 Å². The first-order valence-electron chi connectivity index (χ1n) is 11.0. The lowest BCUT2D eigenvalue weighted by molar-refractivity contribution is 0.341. The lowest BCUT2D eigenvalue weighted by atomic mass is 9.77. The number of hydrogen-bond acceptors (Lipinski definition) is 5. The maximum absolute atomic E-state index is 13.1. The van der Waals surface area contributed by atoms with Crippen LogP contribution >= 0.6 is 15.9 Å². The van der Waals surface area contributed by atoms with Gasteiger partial charge in [-0.2, -0.15) is 0 Å². The van der Waals surface area contributed by atoms with Crippen LogP contribution in [0.1, 0.15) is 29.5 Å². The fourth-order valence-electron chi connectivity index (χ4n) is 4.97. The minimum Gasteiger partial charge on any atom is -0.493 e. The molecule has 3 atom stereocenters. The summed E-state index contributed by atoms with van der Waals surface area (Å²) in [5.41, 5.74) is 3.44. The van der Waals surface area contributed by atoms with Gasteiger partial charge in [0, 0.05) is 27.3 Å². The fourth-order valence-corrected chi connectivity index (χ4v) is 6.45. The Labute approximate surface area is 208 Å². The van der Waals surface area contributed by atoms with Gasteiger partial charge in [0.25, 0.3) is 10.0 Å². The van der Waals surface area contributed by atoms with Gasteiger partial charge >= 0.3 is 0 Å². The minimum atomic E-state index is -3.74. The van der Waals surface area contributed by atoms with Crippen molar-refractivity contribution < 1.29 is 17.9 Å². The molecule has 1 aliphatic heterocycles. The smallest absolute Gasteiger partial charge is 0.261 e. The minimum absolute atomic E-state index is 0.000184. The van der Waals surface area contributed by atoms with E-state index in [1.807, 2.05) is 24.3 Å². The van der Waals surface area contributed by atoms with E-state index in [9.17, 15) is 8.42 Å². The molecule has 2 aliphatic rings. The Morgan fingerprint density at radius 2 is 1.82 bits per heavy atom. The third-order valence-electron chi connectivity index (χ3n) is 6.49. The van der Waals surface area contributed by atoms with Gasteiger partial charge in [0.2, 0.25) is 0 Å². The third kappa shape index (κ3) is 4.05. The van der Waals surface area contributed by atoms with Crippen LogP contribution in [0.25, 0.3) is 0 Å². The van der Waals surface area contributed by atoms with Gasteiger partial charge in [-0.25, -0.2) is 8.42 Å². The van der Waals surface area contributed by atoms with Gasteiger partial charge in [0.1, 0.15) is 0 Å². The molecule has 6 nitrogen and oxygen atoms in total. The maximum Gasteiger partial charge on any atom is 0.261 e. The molecule has 5 rings (SSSR count). The van der Waals surface area contributed by atoms with Crippen molar-refractivity contribution in [3.8, 4) is 11.5 Å². The van der Waals surface area contributed by atoms with Crippen LogP contribution in [0.5, 0.6) is 11.5 Å². The van der Waals surface area contributed by atoms with Crippen LogP contribution in [0.15, 0.2) is 82.2 Å². The largest absolute Gasteiger partial charge is 0.493 e. The molecule has 0 fully saturated rings. The average Bonchev–Trinajstić information content (AvgIpc) is 3.33. The van der Waals surface area contributed by atoms with E-state index in [0.717, 1.165) is 27.7 Å². The van der Waals surface area contributed by atoms with E-state index in [1.54, 1.807) is 44.6 Å². The predicted molar refractivity (Wildman–Crippen MR) is 137 cm³/mol. The van der Waals surface area contributed by atoms with E-state index < -0.39 is 10.0 Å². The van der Waals surface area contributed by atoms with E-state index in [2.05, 4.69) is 44.2 Å². The van der Waals surface area contributed by atoms with Crippen molar-refractivity contribution in [2.45, 2.75) is 23.3 Å². The molecular weight excluding hydrogens is 516 g/mol. The maximum atomic E-state index is 13.1. The molecule has 0 amide bonds. The predicted octanol–water partition coefficient (Wildman–Crippen LogP) is 6.09. The standard InChI is InChI=1S/C26H25BrN2O4S/c1-32-24-11-5-10-21(26(24)33-2)25-20-9-4-8-19(20)22-15-18(12-13-23(22)28-25)34(30,31)29-17-7-3-6-16(27)14-17/h3-8,10-15,19-20,25,28-29H,9H2,1-2H3/t19-,20+,25-/m0/s1. The Kier molecular flexibility index (Phi) is 6.04. The second-order valence-corrected chi connectivity index (χ2v) is 11.0. The van der Waals surface area contributed by atoms with Crippen LogP contribution in [0.3, 0.4) is 0 Å². The summed E-state index contributed by atoms with van der Waals surface area (Å²) in [7, 11) is -0.452. The molecule has 0 aromatic heterocycles. The van der Waals surface area contributed by atoms with Gasteiger partial charge in [0.15, 0.2) is 11.5 Å². The molecule has 2 N–H and O–H groups in total. The van der Waals surface area contributed by atoms with Gasteiger partial charge in [-0.1, -0.05) is 46.3 Å². The normalized spacial score (nSPS) is 20.7. The zero-order valence-electron chi connectivity index (χ0n) is 18.8. The number of benzene rings is 3. The van der Waals surface area contributed by atoms with Gasteiger partial charge in [0.05, 0.1) is 25.2 Å². The summed E-state index contributed by atoms with van der Waals surface area (Å²) in [6.07, 6.45) is 5.24. The van der Waals surface area contributed by atoms with E-state index in [-0.39, 0.29) is 22.8 Å². The Morgan fingerprint density at radius 3 is 2.59 bits per heavy atom. The number of hydrogen-bond donors (Lipinski definition) is 2. The number of methoxy groups -OCH3 is 2. The molecule has 0 spiro atoms. The number of para-hydroxylation sites is 1. The molecule has 34 heavy (non-hydrogen) atoms. The topological polar surface area (TPSA) is 76.7 Å². The number of fused-ring (bicyclic) bond motifs is 3. The second-order valence-electron chi connectivity index (χ2n) is 8.42. The van der Waals surface area contributed by atoms with Gasteiger partial charge in [-0.3, -0.25) is 4.72 Å². The summed E-state index contributed by atoms with van der Waals surface area (Å²) < 4.78 is 41.0. The summed E-state index contributed by atoms with van der Waals surface area (Å²) in [5, 5.41) is 3.65. The van der Waals surface area contributed by atoms with Crippen LogP contribution in [0.2, 0.25) is 0 Å². The molecule has 1 heterocycles. The van der Waals surface area contributed by atoms with Crippen LogP contribution in [-0.2, 0) is 10.0 Å². The van der Waals surface area contributed by atoms with E-state index in [4.69, 9.17) is 9.47 Å². The van der Waals surface area contributed by atoms with Crippen molar-refractivity contribution in [3.63, 3.8) is 0 Å². The zero-order chi connectivity index (χ0) is 23.9. The summed E-state index contributed by atoms with van der Waals surface area (Å²) >= 11 is 3.38. The number of halogens is 1. The lowest BCUT2D eigenvalue weighted by Gasteiger charge is -2.38. The summed E-state index contributed by atoms with van der Waals surface area (Å²) in [5.74, 6) is 1.73. The number of sulfonamides is 1. The van der Waals surface area contributed by atoms with E-state index in [1.165, 1.54) is 0 Å². The molecule has 0 saturated carbocycles. The van der Waals surface area contributed by atoms with Gasteiger partial charge in [-0.15, -0.1) is 0 Å². The van der Waals surface area contributed by atoms with Crippen LogP contribution in [0, 0.1) is 5.92 Å². The molecule has 0 saturated heterocycles. The first-order valence-corrected chi connectivity index (χ1v) is 13.3. The zero-order valence-corrected chi connectivity index (χ0v) is 21.2. The highest BCUT2D eigenvalue weighted by Crippen LogP contribution is 2.52. The fraction of sp³-hybridized carbons (Fsp3) is 0.231. The van der Waals surface area contributed by atoms with E-state index >= 15 is 0 Å². The van der Waals surface area contributed by atoms with Crippen molar-refractivity contribution >= 4 is 37.3 Å². The summed E-state index contributed by atoms with van der Waals surface area (Å²) in [6, 6.07) is 18.3. The van der Waals surface area contributed by atoms with E-state index in [0.29, 0.717) is 17.2 Å². The van der Waals surface area contributed by atoms with Crippen molar-refractivity contribution in [3.05, 3.63) is 88.4 Å². The Balaban J connectivity index is 1.51. The van der Waals surface area contributed by atoms with Crippen molar-refractivity contribution in [1.29, 1.82) is 0 Å². The number of anilines is 2. The highest BCUT2D eigenvalue weighted by atomic mass is 79.9. The van der Waals surface area contributed by atoms with Crippen LogP contribution in [0.4, 0.5) is 11.4 Å². The molecule has 0 bridgehead atoms. The average molecular weight is 541 g/mol. The second kappa shape index (κ2) is 9.00. The molecule has 176 valence electrons. The van der Waals surface area contributed by atoms with Crippen LogP contribution < -0.4 is 19.5 Å². The SMILES string of the molecule is COc1cccc([C@H]2Nc3ccc(S(=O)(=O)Nc4cccc(Br)c4)cc3[C@H]3C=CC[C@H]32)c1OC. The van der Waals surface area contributed by atoms with Crippen molar-refractivity contribution in [1.82, 2.24) is 0 Å². The molecule has 3 aromatic carbocycles. The first-order chi connectivity index (χ1) is 16.4. The Hall–Kier alpha value is -2.97. The number of nitrogens with one attached hydrogen (secondary N) is 2. The highest BCUT2D eigenvalue weighted by Gasteiger charge is 2.40. The molecule has 3 aromatic rings. The Bertz CT molecular complexity index is 1370. The van der Waals surface area contributed by atoms with Crippen molar-refractivity contribution in [2.75, 3.05) is 24.3 Å². The quantitative estimate of drug-likeness (QED) is 0.369. The summed E-state index contributed by atoms with van der Waals surface area (Å²) in [6.45, 7) is 0. The molecule has 0 radical (unpaired) electrons. The molecule has 8 heteroatoms. The number of rotatable bonds is 6. The molecule has 0 unspecified atom stereocenters. The monoisotopic (exact) mass is 540 g/mol.